The molecule has 0 spiro atoms. The van der Waals surface area contributed by atoms with Crippen LogP contribution in [0.25, 0.3) is 5.76 Å². The molecule has 0 amide bonds. The van der Waals surface area contributed by atoms with Crippen molar-refractivity contribution in [1.29, 1.82) is 5.41 Å². The molecule has 3 rings (SSSR count). The van der Waals surface area contributed by atoms with Crippen LogP contribution in [0.4, 0.5) is 14.5 Å². The van der Waals surface area contributed by atoms with Gasteiger partial charge in [0, 0.05) is 34.2 Å². The number of nitrogens with one attached hydrogen (secondary N) is 1. The second kappa shape index (κ2) is 9.02. The summed E-state index contributed by atoms with van der Waals surface area (Å²) < 4.78 is 34.6. The number of benzene rings is 2. The Morgan fingerprint density at radius 1 is 1.13 bits per heavy atom. The third-order valence-electron chi connectivity index (χ3n) is 4.43. The number of ether oxygens (including phenoxy) is 1. The maximum atomic E-state index is 14.7. The Balaban J connectivity index is 2.27. The zero-order valence-electron chi connectivity index (χ0n) is 15.9. The maximum Gasteiger partial charge on any atom is 0.137 e. The first-order valence-electron chi connectivity index (χ1n) is 8.79. The van der Waals surface area contributed by atoms with Gasteiger partial charge >= 0.3 is 0 Å². The minimum atomic E-state index is -1.45. The van der Waals surface area contributed by atoms with Gasteiger partial charge < -0.3 is 15.6 Å². The van der Waals surface area contributed by atoms with Crippen molar-refractivity contribution in [2.45, 2.75) is 6.10 Å². The van der Waals surface area contributed by atoms with Gasteiger partial charge in [0.2, 0.25) is 0 Å². The number of hydrogen-bond donors (Lipinski definition) is 3. The molecule has 154 valence electrons. The molecule has 0 saturated carbocycles. The van der Waals surface area contributed by atoms with E-state index in [1.54, 1.807) is 12.1 Å². The number of pyridine rings is 1. The Labute approximate surface area is 176 Å². The van der Waals surface area contributed by atoms with Gasteiger partial charge in [0.25, 0.3) is 0 Å². The number of nitrogens with two attached hydrogens (primary N) is 1. The van der Waals surface area contributed by atoms with Crippen LogP contribution in [0.15, 0.2) is 66.5 Å². The molecule has 0 aliphatic carbocycles. The lowest BCUT2D eigenvalue weighted by molar-refractivity contribution is 0.217. The summed E-state index contributed by atoms with van der Waals surface area (Å²) >= 11 is 5.81. The van der Waals surface area contributed by atoms with Crippen molar-refractivity contribution in [1.82, 2.24) is 4.98 Å². The number of halogens is 3. The number of rotatable bonds is 6. The predicted octanol–water partition coefficient (Wildman–Crippen LogP) is 4.75. The quantitative estimate of drug-likeness (QED) is 0.299. The Hall–Kier alpha value is -3.29. The first kappa shape index (κ1) is 21.4. The van der Waals surface area contributed by atoms with Gasteiger partial charge in [-0.3, -0.25) is 10.4 Å². The standard InChI is InChI=1S/C22H18ClF2N3O2/c1-30-22(16-7-5-14(26)10-18(16)25)19(21(29)12-3-2-8-28-11-12)20(27)15-6-4-13(23)9-17(15)24/h2-11,21,27,29H,26H2,1H3/b22-19+,27-20?. The molecule has 4 N–H and O–H groups in total. The molecule has 8 heteroatoms. The number of anilines is 1. The fourth-order valence-electron chi connectivity index (χ4n) is 3.00. The highest BCUT2D eigenvalue weighted by Crippen LogP contribution is 2.34. The van der Waals surface area contributed by atoms with Crippen molar-refractivity contribution in [3.8, 4) is 0 Å². The average Bonchev–Trinajstić information content (AvgIpc) is 2.72. The third kappa shape index (κ3) is 4.32. The number of nitrogen functional groups attached to an aromatic ring is 1. The minimum Gasteiger partial charge on any atom is -0.496 e. The first-order chi connectivity index (χ1) is 14.3. The second-order valence-corrected chi connectivity index (χ2v) is 6.81. The number of aliphatic hydroxyl groups excluding tert-OH is 1. The van der Waals surface area contributed by atoms with Gasteiger partial charge in [0.05, 0.1) is 24.0 Å². The van der Waals surface area contributed by atoms with Crippen molar-refractivity contribution in [2.24, 2.45) is 0 Å². The topological polar surface area (TPSA) is 92.2 Å². The van der Waals surface area contributed by atoms with Crippen LogP contribution >= 0.6 is 11.6 Å². The highest BCUT2D eigenvalue weighted by atomic mass is 35.5. The van der Waals surface area contributed by atoms with Crippen molar-refractivity contribution in [2.75, 3.05) is 12.8 Å². The average molecular weight is 430 g/mol. The van der Waals surface area contributed by atoms with Crippen molar-refractivity contribution in [3.05, 3.63) is 99.8 Å². The van der Waals surface area contributed by atoms with Gasteiger partial charge in [0.15, 0.2) is 0 Å². The van der Waals surface area contributed by atoms with Crippen LogP contribution in [-0.4, -0.2) is 22.9 Å². The highest BCUT2D eigenvalue weighted by Gasteiger charge is 2.28. The van der Waals surface area contributed by atoms with Gasteiger partial charge in [-0.05, 0) is 42.5 Å². The van der Waals surface area contributed by atoms with Crippen molar-refractivity contribution >= 4 is 28.8 Å². The monoisotopic (exact) mass is 429 g/mol. The molecule has 5 nitrogen and oxygen atoms in total. The summed E-state index contributed by atoms with van der Waals surface area (Å²) in [7, 11) is 1.27. The Morgan fingerprint density at radius 2 is 1.83 bits per heavy atom. The first-order valence-corrected chi connectivity index (χ1v) is 9.17. The molecule has 0 aliphatic rings. The van der Waals surface area contributed by atoms with Crippen LogP contribution in [0.5, 0.6) is 0 Å². The second-order valence-electron chi connectivity index (χ2n) is 6.37. The van der Waals surface area contributed by atoms with E-state index in [2.05, 4.69) is 4.98 Å². The zero-order valence-corrected chi connectivity index (χ0v) is 16.6. The smallest absolute Gasteiger partial charge is 0.137 e. The minimum absolute atomic E-state index is 0.0382. The molecule has 1 aromatic heterocycles. The van der Waals surface area contributed by atoms with E-state index in [1.165, 1.54) is 43.8 Å². The van der Waals surface area contributed by atoms with E-state index in [-0.39, 0.29) is 33.2 Å². The SMILES string of the molecule is CO/C(=C(\C(=N)c1ccc(Cl)cc1F)C(O)c1cccnc1)c1ccc(N)cc1F. The van der Waals surface area contributed by atoms with Crippen LogP contribution in [0, 0.1) is 17.0 Å². The summed E-state index contributed by atoms with van der Waals surface area (Å²) in [6.07, 6.45) is 1.46. The van der Waals surface area contributed by atoms with Crippen LogP contribution in [-0.2, 0) is 4.74 Å². The Morgan fingerprint density at radius 3 is 2.43 bits per heavy atom. The lowest BCUT2D eigenvalue weighted by atomic mass is 9.91. The summed E-state index contributed by atoms with van der Waals surface area (Å²) in [5, 5.41) is 19.8. The van der Waals surface area contributed by atoms with Crippen molar-refractivity contribution < 1.29 is 18.6 Å². The van der Waals surface area contributed by atoms with Crippen LogP contribution in [0.3, 0.4) is 0 Å². The van der Waals surface area contributed by atoms with Crippen LogP contribution in [0.1, 0.15) is 22.8 Å². The van der Waals surface area contributed by atoms with E-state index >= 15 is 0 Å². The number of aliphatic hydroxyl groups is 1. The molecule has 0 saturated heterocycles. The lowest BCUT2D eigenvalue weighted by Crippen LogP contribution is -2.17. The van der Waals surface area contributed by atoms with Gasteiger partial charge in [-0.15, -0.1) is 0 Å². The largest absolute Gasteiger partial charge is 0.496 e. The van der Waals surface area contributed by atoms with Gasteiger partial charge in [0.1, 0.15) is 23.5 Å². The molecule has 3 aromatic rings. The summed E-state index contributed by atoms with van der Waals surface area (Å²) in [6.45, 7) is 0. The molecule has 30 heavy (non-hydrogen) atoms. The maximum absolute atomic E-state index is 14.7. The van der Waals surface area contributed by atoms with E-state index in [4.69, 9.17) is 27.5 Å². The van der Waals surface area contributed by atoms with Crippen LogP contribution < -0.4 is 5.73 Å². The number of hydrogen-bond acceptors (Lipinski definition) is 5. The fourth-order valence-corrected chi connectivity index (χ4v) is 3.16. The lowest BCUT2D eigenvalue weighted by Gasteiger charge is -2.21. The molecular weight excluding hydrogens is 412 g/mol. The van der Waals surface area contributed by atoms with Crippen LogP contribution in [0.2, 0.25) is 5.02 Å². The van der Waals surface area contributed by atoms with E-state index in [9.17, 15) is 13.9 Å². The fraction of sp³-hybridized carbons (Fsp3) is 0.0909. The van der Waals surface area contributed by atoms with Gasteiger partial charge in [-0.25, -0.2) is 8.78 Å². The third-order valence-corrected chi connectivity index (χ3v) is 4.67. The number of nitrogens with zero attached hydrogens (tertiary/aromatic N) is 1. The molecule has 1 unspecified atom stereocenters. The van der Waals surface area contributed by atoms with E-state index in [0.29, 0.717) is 5.56 Å². The van der Waals surface area contributed by atoms with E-state index in [1.807, 2.05) is 0 Å². The van der Waals surface area contributed by atoms with E-state index in [0.717, 1.165) is 12.1 Å². The molecule has 0 fully saturated rings. The van der Waals surface area contributed by atoms with Gasteiger partial charge in [-0.1, -0.05) is 17.7 Å². The number of methoxy groups -OCH3 is 1. The number of aromatic nitrogens is 1. The zero-order chi connectivity index (χ0) is 21.8. The molecular formula is C22H18ClF2N3O2. The molecule has 0 radical (unpaired) electrons. The highest BCUT2D eigenvalue weighted by molar-refractivity contribution is 6.30. The summed E-state index contributed by atoms with van der Waals surface area (Å²) in [5.41, 5.74) is 5.42. The summed E-state index contributed by atoms with van der Waals surface area (Å²) in [6, 6.07) is 10.9. The Bertz CT molecular complexity index is 1120. The summed E-state index contributed by atoms with van der Waals surface area (Å²) in [5.74, 6) is -1.62. The molecule has 2 aromatic carbocycles. The predicted molar refractivity (Wildman–Crippen MR) is 112 cm³/mol. The Kier molecular flexibility index (Phi) is 6.44. The van der Waals surface area contributed by atoms with E-state index < -0.39 is 23.5 Å². The molecule has 1 atom stereocenters. The molecule has 1 heterocycles. The molecule has 0 bridgehead atoms. The summed E-state index contributed by atoms with van der Waals surface area (Å²) in [4.78, 5) is 3.96. The van der Waals surface area contributed by atoms with Crippen molar-refractivity contribution in [3.63, 3.8) is 0 Å². The normalized spacial score (nSPS) is 12.8. The van der Waals surface area contributed by atoms with Gasteiger partial charge in [-0.2, -0.15) is 0 Å². The molecule has 0 aliphatic heterocycles.